The Morgan fingerprint density at radius 2 is 1.61 bits per heavy atom. The number of pyridine rings is 1. The molecular weight excluding hydrogens is 478 g/mol. The van der Waals surface area contributed by atoms with Crippen LogP contribution in [-0.4, -0.2) is 10.9 Å². The Balaban J connectivity index is 1.57. The zero-order valence-electron chi connectivity index (χ0n) is 17.3. The smallest absolute Gasteiger partial charge is 0.199 e. The molecule has 0 aliphatic carbocycles. The van der Waals surface area contributed by atoms with Crippen LogP contribution in [0.1, 0.15) is 5.56 Å². The van der Waals surface area contributed by atoms with Gasteiger partial charge in [-0.1, -0.05) is 53.5 Å². The summed E-state index contributed by atoms with van der Waals surface area (Å²) in [6.45, 7) is 0.330. The Hall–Kier alpha value is -3.06. The summed E-state index contributed by atoms with van der Waals surface area (Å²) in [5.41, 5.74) is 10.6. The molecule has 0 bridgehead atoms. The lowest BCUT2D eigenvalue weighted by Crippen LogP contribution is -2.25. The highest BCUT2D eigenvalue weighted by atomic mass is 35.5. The highest BCUT2D eigenvalue weighted by Crippen LogP contribution is 2.32. The number of benzene rings is 3. The van der Waals surface area contributed by atoms with Gasteiger partial charge in [-0.05, 0) is 71.6 Å². The fourth-order valence-corrected chi connectivity index (χ4v) is 3.99. The normalized spacial score (nSPS) is 11.4. The van der Waals surface area contributed by atoms with Crippen LogP contribution in [0.25, 0.3) is 22.4 Å². The maximum Gasteiger partial charge on any atom is 0.199 e. The summed E-state index contributed by atoms with van der Waals surface area (Å²) >= 11 is 13.3. The predicted molar refractivity (Wildman–Crippen MR) is 136 cm³/mol. The molecule has 0 radical (unpaired) electrons. The Bertz CT molecular complexity index is 1280. The monoisotopic (exact) mass is 496 g/mol. The van der Waals surface area contributed by atoms with E-state index in [2.05, 4.69) is 9.71 Å². The van der Waals surface area contributed by atoms with Crippen molar-refractivity contribution in [1.29, 1.82) is 0 Å². The van der Waals surface area contributed by atoms with Gasteiger partial charge in [0, 0.05) is 32.3 Å². The van der Waals surface area contributed by atoms with E-state index in [1.165, 1.54) is 24.1 Å². The number of nitrogens with zero attached hydrogens (tertiary/aromatic N) is 2. The summed E-state index contributed by atoms with van der Waals surface area (Å²) in [6.07, 6.45) is 1.78. The van der Waals surface area contributed by atoms with E-state index in [-0.39, 0.29) is 11.8 Å². The molecule has 4 nitrogen and oxygen atoms in total. The van der Waals surface area contributed by atoms with Crippen LogP contribution in [-0.2, 0) is 6.54 Å². The second-order valence-corrected chi connectivity index (χ2v) is 8.87. The molecule has 0 unspecified atom stereocenters. The first-order valence-electron chi connectivity index (χ1n) is 9.97. The molecule has 0 amide bonds. The lowest BCUT2D eigenvalue weighted by atomic mass is 9.98. The van der Waals surface area contributed by atoms with E-state index in [0.29, 0.717) is 21.5 Å². The molecule has 4 aromatic rings. The van der Waals surface area contributed by atoms with E-state index in [4.69, 9.17) is 33.9 Å². The summed E-state index contributed by atoms with van der Waals surface area (Å²) in [4.78, 5) is 9.79. The molecule has 166 valence electrons. The molecule has 8 heteroatoms. The Morgan fingerprint density at radius 3 is 2.27 bits per heavy atom. The Morgan fingerprint density at radius 1 is 0.939 bits per heavy atom. The molecule has 1 heterocycles. The highest BCUT2D eigenvalue weighted by molar-refractivity contribution is 7.98. The number of hydrogen-bond acceptors (Lipinski definition) is 3. The van der Waals surface area contributed by atoms with Crippen molar-refractivity contribution in [3.63, 3.8) is 0 Å². The molecule has 1 aromatic heterocycles. The number of rotatable bonds is 6. The van der Waals surface area contributed by atoms with Crippen molar-refractivity contribution in [1.82, 2.24) is 9.71 Å². The van der Waals surface area contributed by atoms with E-state index >= 15 is 0 Å². The number of halogens is 3. The first-order chi connectivity index (χ1) is 16.0. The van der Waals surface area contributed by atoms with Crippen LogP contribution in [0, 0.1) is 5.82 Å². The van der Waals surface area contributed by atoms with Crippen molar-refractivity contribution in [2.45, 2.75) is 11.4 Å². The van der Waals surface area contributed by atoms with E-state index < -0.39 is 0 Å². The topological polar surface area (TPSA) is 63.3 Å². The second-order valence-electron chi connectivity index (χ2n) is 7.12. The molecule has 4 rings (SSSR count). The first-order valence-corrected chi connectivity index (χ1v) is 11.5. The quantitative estimate of drug-likeness (QED) is 0.172. The minimum Gasteiger partial charge on any atom is -0.369 e. The third-order valence-corrected chi connectivity index (χ3v) is 6.02. The van der Waals surface area contributed by atoms with Gasteiger partial charge in [-0.2, -0.15) is 0 Å². The summed E-state index contributed by atoms with van der Waals surface area (Å²) in [7, 11) is 0. The largest absolute Gasteiger partial charge is 0.369 e. The van der Waals surface area contributed by atoms with E-state index in [1.807, 2.05) is 54.6 Å². The van der Waals surface area contributed by atoms with Crippen LogP contribution in [0.5, 0.6) is 0 Å². The zero-order chi connectivity index (χ0) is 23.2. The molecular formula is C25H19Cl2FN4S. The molecule has 0 spiro atoms. The summed E-state index contributed by atoms with van der Waals surface area (Å²) in [5.74, 6) is -0.0713. The fraction of sp³-hybridized carbons (Fsp3) is 0.0400. The predicted octanol–water partition coefficient (Wildman–Crippen LogP) is 6.97. The van der Waals surface area contributed by atoms with Gasteiger partial charge < -0.3 is 5.73 Å². The summed E-state index contributed by atoms with van der Waals surface area (Å²) in [5, 5.41) is 1.33. The van der Waals surface area contributed by atoms with Crippen LogP contribution in [0.3, 0.4) is 0 Å². The Labute approximate surface area is 205 Å². The van der Waals surface area contributed by atoms with Crippen LogP contribution >= 0.6 is 35.1 Å². The van der Waals surface area contributed by atoms with Gasteiger partial charge in [-0.3, -0.25) is 9.71 Å². The van der Waals surface area contributed by atoms with E-state index in [1.54, 1.807) is 18.3 Å². The maximum absolute atomic E-state index is 13.3. The molecule has 0 aliphatic heterocycles. The number of aliphatic imine (C=N–C) groups is 1. The molecule has 0 aliphatic rings. The fourth-order valence-electron chi connectivity index (χ4n) is 3.13. The van der Waals surface area contributed by atoms with Crippen LogP contribution in [0.4, 0.5) is 4.39 Å². The molecule has 0 saturated heterocycles. The van der Waals surface area contributed by atoms with Crippen molar-refractivity contribution in [3.8, 4) is 22.4 Å². The van der Waals surface area contributed by atoms with E-state index in [9.17, 15) is 4.39 Å². The minimum atomic E-state index is -0.307. The van der Waals surface area contributed by atoms with Gasteiger partial charge in [0.25, 0.3) is 0 Å². The van der Waals surface area contributed by atoms with Crippen molar-refractivity contribution >= 4 is 41.1 Å². The molecule has 3 N–H and O–H groups in total. The number of nitrogens with one attached hydrogen (secondary N) is 1. The van der Waals surface area contributed by atoms with Gasteiger partial charge in [0.15, 0.2) is 5.96 Å². The van der Waals surface area contributed by atoms with E-state index in [0.717, 1.165) is 27.9 Å². The van der Waals surface area contributed by atoms with Gasteiger partial charge >= 0.3 is 0 Å². The summed E-state index contributed by atoms with van der Waals surface area (Å²) in [6, 6.07) is 23.4. The van der Waals surface area contributed by atoms with Crippen molar-refractivity contribution in [2.24, 2.45) is 10.7 Å². The lowest BCUT2D eigenvalue weighted by Gasteiger charge is -2.12. The van der Waals surface area contributed by atoms with Crippen LogP contribution in [0.15, 0.2) is 94.9 Å². The number of nitrogens with two attached hydrogens (primary N) is 1. The molecule has 3 aromatic carbocycles. The van der Waals surface area contributed by atoms with Gasteiger partial charge in [0.1, 0.15) is 5.82 Å². The maximum atomic E-state index is 13.3. The third kappa shape index (κ3) is 6.26. The number of aromatic nitrogens is 1. The number of hydrogen-bond donors (Lipinski definition) is 2. The molecule has 33 heavy (non-hydrogen) atoms. The summed E-state index contributed by atoms with van der Waals surface area (Å²) < 4.78 is 16.2. The highest BCUT2D eigenvalue weighted by Gasteiger charge is 2.11. The minimum absolute atomic E-state index is 0.235. The van der Waals surface area contributed by atoms with Gasteiger partial charge in [-0.25, -0.2) is 9.38 Å². The lowest BCUT2D eigenvalue weighted by molar-refractivity contribution is 0.624. The zero-order valence-corrected chi connectivity index (χ0v) is 19.6. The SMILES string of the molecule is NC(=NCc1cnc(-c2ccc(Cl)cc2)c(-c2ccc(Cl)cc2)c1)NSc1cccc(F)c1. The van der Waals surface area contributed by atoms with Crippen LogP contribution < -0.4 is 10.5 Å². The molecule has 0 saturated carbocycles. The number of guanidine groups is 1. The van der Waals surface area contributed by atoms with Gasteiger partial charge in [0.2, 0.25) is 0 Å². The Kier molecular flexibility index (Phi) is 7.50. The first kappa shape index (κ1) is 23.1. The van der Waals surface area contributed by atoms with Crippen molar-refractivity contribution < 1.29 is 4.39 Å². The second kappa shape index (κ2) is 10.7. The van der Waals surface area contributed by atoms with Gasteiger partial charge in [-0.15, -0.1) is 0 Å². The standard InChI is InChI=1S/C25H19Cl2FN4S/c26-19-8-4-17(5-9-19)23-12-16(14-30-24(23)18-6-10-20(27)11-7-18)15-31-25(29)32-33-22-3-1-2-21(28)13-22/h1-14H,15H2,(H3,29,31,32). The molecule has 0 atom stereocenters. The third-order valence-electron chi connectivity index (χ3n) is 4.72. The average molecular weight is 497 g/mol. The average Bonchev–Trinajstić information content (AvgIpc) is 2.82. The van der Waals surface area contributed by atoms with Crippen molar-refractivity contribution in [3.05, 3.63) is 106 Å². The van der Waals surface area contributed by atoms with Crippen LogP contribution in [0.2, 0.25) is 10.0 Å². The van der Waals surface area contributed by atoms with Gasteiger partial charge in [0.05, 0.1) is 12.2 Å². The van der Waals surface area contributed by atoms with Crippen molar-refractivity contribution in [2.75, 3.05) is 0 Å². The molecule has 0 fully saturated rings.